The molecule has 1 fully saturated rings. The Balaban J connectivity index is 1.92. The number of amides is 1. The van der Waals surface area contributed by atoms with Gasteiger partial charge in [-0.05, 0) is 46.2 Å². The summed E-state index contributed by atoms with van der Waals surface area (Å²) in [6, 6.07) is 9.56. The van der Waals surface area contributed by atoms with Crippen molar-refractivity contribution in [3.63, 3.8) is 0 Å². The Morgan fingerprint density at radius 2 is 1.90 bits per heavy atom. The smallest absolute Gasteiger partial charge is 0.408 e. The van der Waals surface area contributed by atoms with E-state index in [9.17, 15) is 4.79 Å². The van der Waals surface area contributed by atoms with Crippen LogP contribution < -0.4 is 16.0 Å². The summed E-state index contributed by atoms with van der Waals surface area (Å²) in [5.74, 6) is 0.747. The number of nitrogens with zero attached hydrogens (tertiary/aromatic N) is 2. The summed E-state index contributed by atoms with van der Waals surface area (Å²) in [7, 11) is 0. The highest BCUT2D eigenvalue weighted by atomic mass is 16.6. The molecule has 174 valence electrons. The molecule has 1 amide bonds. The van der Waals surface area contributed by atoms with Crippen LogP contribution in [0.2, 0.25) is 0 Å². The number of rotatable bonds is 9. The zero-order valence-corrected chi connectivity index (χ0v) is 19.4. The van der Waals surface area contributed by atoms with E-state index in [2.05, 4.69) is 20.9 Å². The molecular formula is C23H39N5O3. The fraction of sp³-hybridized carbons (Fsp3) is 0.652. The number of ether oxygens (including phenoxy) is 2. The molecule has 1 unspecified atom stereocenters. The van der Waals surface area contributed by atoms with Gasteiger partial charge in [-0.25, -0.2) is 4.79 Å². The Kier molecular flexibility index (Phi) is 10.6. The van der Waals surface area contributed by atoms with Crippen molar-refractivity contribution in [2.24, 2.45) is 4.99 Å². The lowest BCUT2D eigenvalue weighted by atomic mass is 10.1. The SMILES string of the molecule is CCNC(=NCC(NC(=O)OC(C)(C)C)c1ccccc1)NCCCN1CCOCC1. The first kappa shape index (κ1) is 24.9. The Bertz CT molecular complexity index is 670. The van der Waals surface area contributed by atoms with E-state index in [-0.39, 0.29) is 6.04 Å². The largest absolute Gasteiger partial charge is 0.444 e. The van der Waals surface area contributed by atoms with Gasteiger partial charge in [0, 0.05) is 26.2 Å². The first-order chi connectivity index (χ1) is 14.9. The van der Waals surface area contributed by atoms with Gasteiger partial charge in [0.25, 0.3) is 0 Å². The highest BCUT2D eigenvalue weighted by Gasteiger charge is 2.20. The van der Waals surface area contributed by atoms with Gasteiger partial charge in [0.2, 0.25) is 0 Å². The number of hydrogen-bond donors (Lipinski definition) is 3. The van der Waals surface area contributed by atoms with Gasteiger partial charge in [0.05, 0.1) is 25.8 Å². The maximum absolute atomic E-state index is 12.3. The Morgan fingerprint density at radius 1 is 1.19 bits per heavy atom. The van der Waals surface area contributed by atoms with E-state index in [0.717, 1.165) is 63.9 Å². The average Bonchev–Trinajstić information content (AvgIpc) is 2.74. The lowest BCUT2D eigenvalue weighted by Gasteiger charge is -2.26. The molecule has 3 N–H and O–H groups in total. The van der Waals surface area contributed by atoms with Crippen LogP contribution in [0.25, 0.3) is 0 Å². The zero-order valence-electron chi connectivity index (χ0n) is 19.4. The number of morpholine rings is 1. The number of nitrogens with one attached hydrogen (secondary N) is 3. The maximum atomic E-state index is 12.3. The number of aliphatic imine (C=N–C) groups is 1. The van der Waals surface area contributed by atoms with Crippen molar-refractivity contribution in [1.29, 1.82) is 0 Å². The summed E-state index contributed by atoms with van der Waals surface area (Å²) in [6.45, 7) is 14.3. The first-order valence-corrected chi connectivity index (χ1v) is 11.2. The summed E-state index contributed by atoms with van der Waals surface area (Å²) >= 11 is 0. The third kappa shape index (κ3) is 10.5. The van der Waals surface area contributed by atoms with Crippen LogP contribution in [0.15, 0.2) is 35.3 Å². The Morgan fingerprint density at radius 3 is 2.55 bits per heavy atom. The molecule has 1 aliphatic rings. The van der Waals surface area contributed by atoms with Crippen LogP contribution >= 0.6 is 0 Å². The van der Waals surface area contributed by atoms with Crippen molar-refractivity contribution < 1.29 is 14.3 Å². The second kappa shape index (κ2) is 13.2. The molecule has 1 aromatic rings. The lowest BCUT2D eigenvalue weighted by Crippen LogP contribution is -2.41. The Hall–Kier alpha value is -2.32. The van der Waals surface area contributed by atoms with Crippen LogP contribution in [0.3, 0.4) is 0 Å². The van der Waals surface area contributed by atoms with Crippen molar-refractivity contribution in [2.45, 2.75) is 45.8 Å². The minimum Gasteiger partial charge on any atom is -0.444 e. The predicted molar refractivity (Wildman–Crippen MR) is 124 cm³/mol. The number of hydrogen-bond acceptors (Lipinski definition) is 5. The van der Waals surface area contributed by atoms with E-state index in [1.165, 1.54) is 0 Å². The highest BCUT2D eigenvalue weighted by molar-refractivity contribution is 5.79. The lowest BCUT2D eigenvalue weighted by molar-refractivity contribution is 0.0376. The van der Waals surface area contributed by atoms with Gasteiger partial charge in [-0.3, -0.25) is 9.89 Å². The minimum atomic E-state index is -0.550. The van der Waals surface area contributed by atoms with E-state index < -0.39 is 11.7 Å². The maximum Gasteiger partial charge on any atom is 0.408 e. The number of guanidine groups is 1. The molecule has 1 heterocycles. The average molecular weight is 434 g/mol. The predicted octanol–water partition coefficient (Wildman–Crippen LogP) is 2.53. The second-order valence-electron chi connectivity index (χ2n) is 8.56. The molecule has 0 aliphatic carbocycles. The number of carbonyl (C=O) groups is 1. The standard InChI is InChI=1S/C23H39N5O3/c1-5-24-21(25-12-9-13-28-14-16-30-17-15-28)26-18-20(19-10-7-6-8-11-19)27-22(29)31-23(2,3)4/h6-8,10-11,20H,5,9,12-18H2,1-4H3,(H,27,29)(H2,24,25,26). The molecule has 1 atom stereocenters. The van der Waals surface area contributed by atoms with Crippen molar-refractivity contribution in [1.82, 2.24) is 20.9 Å². The second-order valence-corrected chi connectivity index (χ2v) is 8.56. The molecule has 0 spiro atoms. The van der Waals surface area contributed by atoms with Crippen molar-refractivity contribution in [3.8, 4) is 0 Å². The molecule has 2 rings (SSSR count). The summed E-state index contributed by atoms with van der Waals surface area (Å²) in [5.41, 5.74) is 0.436. The van der Waals surface area contributed by atoms with E-state index in [1.807, 2.05) is 58.0 Å². The Labute approximate surface area is 186 Å². The van der Waals surface area contributed by atoms with Gasteiger partial charge in [-0.15, -0.1) is 0 Å². The van der Waals surface area contributed by atoms with Gasteiger partial charge >= 0.3 is 6.09 Å². The summed E-state index contributed by atoms with van der Waals surface area (Å²) in [6.07, 6.45) is 0.586. The van der Waals surface area contributed by atoms with E-state index in [0.29, 0.717) is 6.54 Å². The van der Waals surface area contributed by atoms with Crippen LogP contribution in [-0.4, -0.2) is 75.0 Å². The molecule has 1 aromatic carbocycles. The molecule has 0 bridgehead atoms. The molecule has 0 saturated carbocycles. The molecule has 0 radical (unpaired) electrons. The molecule has 31 heavy (non-hydrogen) atoms. The van der Waals surface area contributed by atoms with E-state index >= 15 is 0 Å². The van der Waals surface area contributed by atoms with E-state index in [1.54, 1.807) is 0 Å². The van der Waals surface area contributed by atoms with Gasteiger partial charge in [-0.2, -0.15) is 0 Å². The third-order valence-electron chi connectivity index (χ3n) is 4.72. The minimum absolute atomic E-state index is 0.278. The van der Waals surface area contributed by atoms with Crippen LogP contribution in [0.1, 0.15) is 45.7 Å². The van der Waals surface area contributed by atoms with Crippen LogP contribution in [0.5, 0.6) is 0 Å². The van der Waals surface area contributed by atoms with Crippen molar-refractivity contribution in [3.05, 3.63) is 35.9 Å². The summed E-state index contributed by atoms with van der Waals surface area (Å²) in [4.78, 5) is 19.5. The van der Waals surface area contributed by atoms with Gasteiger partial charge in [0.15, 0.2) is 5.96 Å². The van der Waals surface area contributed by atoms with Gasteiger partial charge < -0.3 is 25.4 Å². The fourth-order valence-electron chi connectivity index (χ4n) is 3.23. The monoisotopic (exact) mass is 433 g/mol. The number of benzene rings is 1. The normalized spacial score (nSPS) is 16.5. The van der Waals surface area contributed by atoms with Gasteiger partial charge in [-0.1, -0.05) is 30.3 Å². The van der Waals surface area contributed by atoms with E-state index in [4.69, 9.17) is 14.5 Å². The van der Waals surface area contributed by atoms with Crippen LogP contribution in [0.4, 0.5) is 4.79 Å². The number of alkyl carbamates (subject to hydrolysis) is 1. The molecule has 1 aliphatic heterocycles. The fourth-order valence-corrected chi connectivity index (χ4v) is 3.23. The van der Waals surface area contributed by atoms with Gasteiger partial charge in [0.1, 0.15) is 5.60 Å². The quantitative estimate of drug-likeness (QED) is 0.315. The zero-order chi connectivity index (χ0) is 22.5. The third-order valence-corrected chi connectivity index (χ3v) is 4.72. The number of carbonyl (C=O) groups excluding carboxylic acids is 1. The molecule has 1 saturated heterocycles. The molecular weight excluding hydrogens is 394 g/mol. The highest BCUT2D eigenvalue weighted by Crippen LogP contribution is 2.15. The summed E-state index contributed by atoms with van der Waals surface area (Å²) < 4.78 is 10.8. The summed E-state index contributed by atoms with van der Waals surface area (Å²) in [5, 5.41) is 9.63. The van der Waals surface area contributed by atoms with Crippen molar-refractivity contribution >= 4 is 12.1 Å². The van der Waals surface area contributed by atoms with Crippen LogP contribution in [-0.2, 0) is 9.47 Å². The molecule has 8 heteroatoms. The molecule has 0 aromatic heterocycles. The topological polar surface area (TPSA) is 87.2 Å². The first-order valence-electron chi connectivity index (χ1n) is 11.2. The molecule has 8 nitrogen and oxygen atoms in total. The van der Waals surface area contributed by atoms with Crippen LogP contribution in [0, 0.1) is 0 Å². The van der Waals surface area contributed by atoms with Crippen molar-refractivity contribution in [2.75, 3.05) is 52.5 Å².